The number of carboxylic acid groups (broad SMARTS) is 1. The third-order valence-electron chi connectivity index (χ3n) is 3.07. The van der Waals surface area contributed by atoms with Gasteiger partial charge < -0.3 is 15.5 Å². The molecule has 2 rings (SSSR count). The second-order valence-corrected chi connectivity index (χ2v) is 4.16. The van der Waals surface area contributed by atoms with Gasteiger partial charge in [0.2, 0.25) is 5.91 Å². The number of carbonyl (C=O) groups excluding carboxylic acids is 1. The average molecular weight is 214 g/mol. The highest BCUT2D eigenvalue weighted by Crippen LogP contribution is 2.43. The normalized spacial score (nSPS) is 35.3. The second-order valence-electron chi connectivity index (χ2n) is 4.16. The van der Waals surface area contributed by atoms with Crippen LogP contribution in [0.25, 0.3) is 0 Å². The number of aliphatic hydroxyl groups excluding tert-OH is 1. The standard InChI is InChI=1S/C9H14N2O4/c12-6(13)3-4-9(5-1-2-5)7(14)10-8(15)11-9/h5,8,11,15H,1-4H2,(H,10,14)(H,12,13). The molecule has 1 aliphatic carbocycles. The summed E-state index contributed by atoms with van der Waals surface area (Å²) in [7, 11) is 0. The van der Waals surface area contributed by atoms with Crippen molar-refractivity contribution in [3.8, 4) is 0 Å². The lowest BCUT2D eigenvalue weighted by Crippen LogP contribution is -2.50. The number of rotatable bonds is 4. The van der Waals surface area contributed by atoms with Gasteiger partial charge in [0.05, 0.1) is 0 Å². The molecule has 1 saturated carbocycles. The van der Waals surface area contributed by atoms with E-state index in [9.17, 15) is 14.7 Å². The van der Waals surface area contributed by atoms with Crippen LogP contribution >= 0.6 is 0 Å². The van der Waals surface area contributed by atoms with Crippen LogP contribution in [0.3, 0.4) is 0 Å². The first-order chi connectivity index (χ1) is 7.04. The summed E-state index contributed by atoms with van der Waals surface area (Å²) in [6.45, 7) is 0. The Balaban J connectivity index is 2.10. The fourth-order valence-electron chi connectivity index (χ4n) is 2.17. The van der Waals surface area contributed by atoms with Crippen LogP contribution in [0.15, 0.2) is 0 Å². The van der Waals surface area contributed by atoms with E-state index in [4.69, 9.17) is 5.11 Å². The molecular formula is C9H14N2O4. The highest BCUT2D eigenvalue weighted by Gasteiger charge is 2.55. The predicted octanol–water partition coefficient (Wildman–Crippen LogP) is -1.00. The van der Waals surface area contributed by atoms with Gasteiger partial charge in [0.1, 0.15) is 5.54 Å². The largest absolute Gasteiger partial charge is 0.481 e. The Morgan fingerprint density at radius 2 is 2.20 bits per heavy atom. The highest BCUT2D eigenvalue weighted by molar-refractivity contribution is 5.89. The monoisotopic (exact) mass is 214 g/mol. The first-order valence-corrected chi connectivity index (χ1v) is 5.03. The molecule has 0 bridgehead atoms. The molecule has 0 aromatic carbocycles. The van der Waals surface area contributed by atoms with Gasteiger partial charge in [-0.25, -0.2) is 0 Å². The Morgan fingerprint density at radius 1 is 1.53 bits per heavy atom. The molecule has 6 nitrogen and oxygen atoms in total. The lowest BCUT2D eigenvalue weighted by molar-refractivity contribution is -0.137. The molecule has 84 valence electrons. The molecule has 2 atom stereocenters. The van der Waals surface area contributed by atoms with Gasteiger partial charge in [0, 0.05) is 6.42 Å². The summed E-state index contributed by atoms with van der Waals surface area (Å²) in [4.78, 5) is 22.2. The van der Waals surface area contributed by atoms with Crippen LogP contribution in [0.2, 0.25) is 0 Å². The molecule has 1 saturated heterocycles. The van der Waals surface area contributed by atoms with E-state index in [0.29, 0.717) is 0 Å². The second kappa shape index (κ2) is 3.46. The van der Waals surface area contributed by atoms with Gasteiger partial charge in [0.25, 0.3) is 0 Å². The van der Waals surface area contributed by atoms with Crippen molar-refractivity contribution >= 4 is 11.9 Å². The number of hydrogen-bond acceptors (Lipinski definition) is 4. The molecule has 2 fully saturated rings. The van der Waals surface area contributed by atoms with Crippen LogP contribution in [0.4, 0.5) is 0 Å². The lowest BCUT2D eigenvalue weighted by Gasteiger charge is -2.25. The van der Waals surface area contributed by atoms with Gasteiger partial charge in [-0.1, -0.05) is 0 Å². The molecule has 2 aliphatic rings. The molecule has 0 aromatic rings. The number of aliphatic hydroxyl groups is 1. The predicted molar refractivity (Wildman–Crippen MR) is 49.6 cm³/mol. The molecule has 1 heterocycles. The molecule has 6 heteroatoms. The van der Waals surface area contributed by atoms with Crippen molar-refractivity contribution in [2.75, 3.05) is 0 Å². The summed E-state index contributed by atoms with van der Waals surface area (Å²) in [5.41, 5.74) is -0.863. The van der Waals surface area contributed by atoms with Gasteiger partial charge >= 0.3 is 5.97 Å². The Kier molecular flexibility index (Phi) is 2.40. The van der Waals surface area contributed by atoms with Crippen molar-refractivity contribution in [3.05, 3.63) is 0 Å². The minimum Gasteiger partial charge on any atom is -0.481 e. The van der Waals surface area contributed by atoms with Gasteiger partial charge in [-0.3, -0.25) is 14.9 Å². The van der Waals surface area contributed by atoms with E-state index in [-0.39, 0.29) is 24.7 Å². The third-order valence-corrected chi connectivity index (χ3v) is 3.07. The van der Waals surface area contributed by atoms with E-state index in [0.717, 1.165) is 12.8 Å². The van der Waals surface area contributed by atoms with Gasteiger partial charge in [0.15, 0.2) is 6.35 Å². The fraction of sp³-hybridized carbons (Fsp3) is 0.778. The number of hydrogen-bond donors (Lipinski definition) is 4. The van der Waals surface area contributed by atoms with E-state index >= 15 is 0 Å². The van der Waals surface area contributed by atoms with Crippen LogP contribution in [0, 0.1) is 5.92 Å². The Labute approximate surface area is 86.7 Å². The zero-order valence-corrected chi connectivity index (χ0v) is 8.19. The van der Waals surface area contributed by atoms with Crippen LogP contribution in [0.5, 0.6) is 0 Å². The topological polar surface area (TPSA) is 98.7 Å². The molecule has 4 N–H and O–H groups in total. The molecule has 1 aliphatic heterocycles. The van der Waals surface area contributed by atoms with E-state index in [1.165, 1.54) is 0 Å². The average Bonchev–Trinajstić information content (AvgIpc) is 2.91. The molecule has 0 radical (unpaired) electrons. The molecule has 0 spiro atoms. The van der Waals surface area contributed by atoms with E-state index < -0.39 is 17.9 Å². The SMILES string of the molecule is O=C(O)CCC1(C2CC2)NC(O)NC1=O. The lowest BCUT2D eigenvalue weighted by atomic mass is 9.88. The summed E-state index contributed by atoms with van der Waals surface area (Å²) in [5, 5.41) is 23.0. The number of aliphatic carboxylic acids is 1. The van der Waals surface area contributed by atoms with Crippen LogP contribution in [0.1, 0.15) is 25.7 Å². The van der Waals surface area contributed by atoms with Crippen LogP contribution < -0.4 is 10.6 Å². The molecule has 15 heavy (non-hydrogen) atoms. The minimum atomic E-state index is -1.05. The van der Waals surface area contributed by atoms with E-state index in [1.807, 2.05) is 0 Å². The minimum absolute atomic E-state index is 0.0658. The Bertz CT molecular complexity index is 302. The summed E-state index contributed by atoms with van der Waals surface area (Å²) in [6.07, 6.45) is 0.936. The first kappa shape index (κ1) is 10.4. The van der Waals surface area contributed by atoms with E-state index in [2.05, 4.69) is 10.6 Å². The maximum Gasteiger partial charge on any atom is 0.303 e. The number of carboxylic acids is 1. The number of carbonyl (C=O) groups is 2. The van der Waals surface area contributed by atoms with Gasteiger partial charge in [-0.05, 0) is 25.2 Å². The first-order valence-electron chi connectivity index (χ1n) is 5.03. The zero-order chi connectivity index (χ0) is 11.1. The van der Waals surface area contributed by atoms with Gasteiger partial charge in [-0.2, -0.15) is 0 Å². The summed E-state index contributed by atoms with van der Waals surface area (Å²) in [6, 6.07) is 0. The highest BCUT2D eigenvalue weighted by atomic mass is 16.4. The van der Waals surface area contributed by atoms with Crippen molar-refractivity contribution < 1.29 is 19.8 Å². The van der Waals surface area contributed by atoms with Crippen molar-refractivity contribution in [1.29, 1.82) is 0 Å². The smallest absolute Gasteiger partial charge is 0.303 e. The third kappa shape index (κ3) is 1.82. The van der Waals surface area contributed by atoms with Gasteiger partial charge in [-0.15, -0.1) is 0 Å². The van der Waals surface area contributed by atoms with E-state index in [1.54, 1.807) is 0 Å². The maximum atomic E-state index is 11.7. The number of amides is 1. The molecular weight excluding hydrogens is 200 g/mol. The zero-order valence-electron chi connectivity index (χ0n) is 8.19. The number of nitrogens with one attached hydrogen (secondary N) is 2. The summed E-state index contributed by atoms with van der Waals surface area (Å²) < 4.78 is 0. The fourth-order valence-corrected chi connectivity index (χ4v) is 2.17. The van der Waals surface area contributed by atoms with Crippen molar-refractivity contribution in [3.63, 3.8) is 0 Å². The molecule has 1 amide bonds. The summed E-state index contributed by atoms with van der Waals surface area (Å²) in [5.74, 6) is -1.04. The van der Waals surface area contributed by atoms with Crippen molar-refractivity contribution in [2.45, 2.75) is 37.6 Å². The maximum absolute atomic E-state index is 11.7. The molecule has 2 unspecified atom stereocenters. The Morgan fingerprint density at radius 3 is 2.60 bits per heavy atom. The van der Waals surface area contributed by atoms with Crippen molar-refractivity contribution in [1.82, 2.24) is 10.6 Å². The quantitative estimate of drug-likeness (QED) is 0.481. The van der Waals surface area contributed by atoms with Crippen LogP contribution in [-0.4, -0.2) is 34.0 Å². The van der Waals surface area contributed by atoms with Crippen molar-refractivity contribution in [2.24, 2.45) is 5.92 Å². The summed E-state index contributed by atoms with van der Waals surface area (Å²) >= 11 is 0. The van der Waals surface area contributed by atoms with Crippen LogP contribution in [-0.2, 0) is 9.59 Å². The molecule has 0 aromatic heterocycles. The Hall–Kier alpha value is -1.14.